The van der Waals surface area contributed by atoms with Crippen molar-refractivity contribution in [3.8, 4) is 5.75 Å². The summed E-state index contributed by atoms with van der Waals surface area (Å²) < 4.78 is 18.7. The molecule has 0 bridgehead atoms. The molecule has 2 nitrogen and oxygen atoms in total. The molecule has 19 heavy (non-hydrogen) atoms. The van der Waals surface area contributed by atoms with Crippen molar-refractivity contribution in [2.24, 2.45) is 0 Å². The van der Waals surface area contributed by atoms with Gasteiger partial charge in [0.25, 0.3) is 0 Å². The molecule has 0 spiro atoms. The standard InChI is InChI=1S/C14H9Cl2FO2/c15-11-2-1-3-14(10(11)7-18)19-8-9-4-5-12(16)13(17)6-9/h1-7H,8H2. The summed E-state index contributed by atoms with van der Waals surface area (Å²) in [7, 11) is 0. The van der Waals surface area contributed by atoms with Gasteiger partial charge in [-0.1, -0.05) is 35.3 Å². The molecule has 0 heterocycles. The molecule has 0 fully saturated rings. The highest BCUT2D eigenvalue weighted by atomic mass is 35.5. The van der Waals surface area contributed by atoms with E-state index in [1.54, 1.807) is 24.3 Å². The first-order chi connectivity index (χ1) is 9.11. The monoisotopic (exact) mass is 298 g/mol. The Bertz CT molecular complexity index is 614. The topological polar surface area (TPSA) is 26.3 Å². The third-order valence-electron chi connectivity index (χ3n) is 2.51. The summed E-state index contributed by atoms with van der Waals surface area (Å²) in [4.78, 5) is 10.9. The molecule has 0 atom stereocenters. The van der Waals surface area contributed by atoms with Crippen LogP contribution in [-0.2, 0) is 6.61 Å². The van der Waals surface area contributed by atoms with E-state index in [-0.39, 0.29) is 17.2 Å². The number of hydrogen-bond acceptors (Lipinski definition) is 2. The van der Waals surface area contributed by atoms with Crippen molar-refractivity contribution < 1.29 is 13.9 Å². The van der Waals surface area contributed by atoms with E-state index >= 15 is 0 Å². The molecule has 0 aliphatic heterocycles. The Kier molecular flexibility index (Phi) is 4.40. The summed E-state index contributed by atoms with van der Waals surface area (Å²) in [5, 5.41) is 0.370. The SMILES string of the molecule is O=Cc1c(Cl)cccc1OCc1ccc(Cl)c(F)c1. The number of carbonyl (C=O) groups excluding carboxylic acids is 1. The molecule has 2 rings (SSSR count). The van der Waals surface area contributed by atoms with E-state index in [4.69, 9.17) is 27.9 Å². The molecule has 0 aliphatic rings. The number of halogens is 3. The number of carbonyl (C=O) groups is 1. The van der Waals surface area contributed by atoms with E-state index in [1.807, 2.05) is 0 Å². The van der Waals surface area contributed by atoms with Crippen molar-refractivity contribution >= 4 is 29.5 Å². The predicted molar refractivity (Wildman–Crippen MR) is 72.6 cm³/mol. The number of benzene rings is 2. The second-order valence-electron chi connectivity index (χ2n) is 3.81. The molecule has 0 unspecified atom stereocenters. The maximum Gasteiger partial charge on any atom is 0.155 e. The van der Waals surface area contributed by atoms with Crippen LogP contribution >= 0.6 is 23.2 Å². The molecule has 0 saturated carbocycles. The van der Waals surface area contributed by atoms with Gasteiger partial charge in [-0.2, -0.15) is 0 Å². The summed E-state index contributed by atoms with van der Waals surface area (Å²) in [6.07, 6.45) is 0.625. The van der Waals surface area contributed by atoms with Crippen LogP contribution in [0.1, 0.15) is 15.9 Å². The minimum atomic E-state index is -0.510. The minimum Gasteiger partial charge on any atom is -0.488 e. The van der Waals surface area contributed by atoms with Crippen LogP contribution in [0.4, 0.5) is 4.39 Å². The zero-order valence-electron chi connectivity index (χ0n) is 9.70. The zero-order valence-corrected chi connectivity index (χ0v) is 11.2. The van der Waals surface area contributed by atoms with Gasteiger partial charge in [0.05, 0.1) is 15.6 Å². The first kappa shape index (κ1) is 13.8. The van der Waals surface area contributed by atoms with Crippen molar-refractivity contribution in [3.05, 3.63) is 63.4 Å². The quantitative estimate of drug-likeness (QED) is 0.776. The Labute approximate surface area is 119 Å². The van der Waals surface area contributed by atoms with E-state index < -0.39 is 5.82 Å². The highest BCUT2D eigenvalue weighted by Crippen LogP contribution is 2.25. The number of rotatable bonds is 4. The van der Waals surface area contributed by atoms with Crippen molar-refractivity contribution in [2.45, 2.75) is 6.61 Å². The second kappa shape index (κ2) is 6.04. The van der Waals surface area contributed by atoms with Gasteiger partial charge in [0.1, 0.15) is 18.2 Å². The number of ether oxygens (including phenoxy) is 1. The van der Waals surface area contributed by atoms with Crippen LogP contribution in [0.15, 0.2) is 36.4 Å². The normalized spacial score (nSPS) is 10.3. The van der Waals surface area contributed by atoms with Gasteiger partial charge in [0.15, 0.2) is 6.29 Å². The Morgan fingerprint density at radius 1 is 1.16 bits per heavy atom. The van der Waals surface area contributed by atoms with Crippen LogP contribution in [0.3, 0.4) is 0 Å². The maximum absolute atomic E-state index is 13.2. The lowest BCUT2D eigenvalue weighted by atomic mass is 10.2. The van der Waals surface area contributed by atoms with E-state index in [0.717, 1.165) is 0 Å². The van der Waals surface area contributed by atoms with E-state index in [0.29, 0.717) is 22.6 Å². The van der Waals surface area contributed by atoms with E-state index in [2.05, 4.69) is 0 Å². The minimum absolute atomic E-state index is 0.0556. The average Bonchev–Trinajstić information content (AvgIpc) is 2.40. The Hall–Kier alpha value is -1.58. The van der Waals surface area contributed by atoms with Gasteiger partial charge in [-0.3, -0.25) is 4.79 Å². The fourth-order valence-electron chi connectivity index (χ4n) is 1.55. The second-order valence-corrected chi connectivity index (χ2v) is 4.62. The third-order valence-corrected chi connectivity index (χ3v) is 3.15. The maximum atomic E-state index is 13.2. The smallest absolute Gasteiger partial charge is 0.155 e. The molecule has 0 amide bonds. The summed E-state index contributed by atoms with van der Waals surface area (Å²) >= 11 is 11.5. The van der Waals surface area contributed by atoms with Crippen molar-refractivity contribution in [3.63, 3.8) is 0 Å². The molecule has 5 heteroatoms. The Balaban J connectivity index is 2.16. The van der Waals surface area contributed by atoms with Crippen molar-refractivity contribution in [1.29, 1.82) is 0 Å². The zero-order chi connectivity index (χ0) is 13.8. The molecule has 98 valence electrons. The Morgan fingerprint density at radius 2 is 1.95 bits per heavy atom. The van der Waals surface area contributed by atoms with Gasteiger partial charge in [0.2, 0.25) is 0 Å². The van der Waals surface area contributed by atoms with Crippen LogP contribution < -0.4 is 4.74 Å². The summed E-state index contributed by atoms with van der Waals surface area (Å²) in [6.45, 7) is 0.120. The van der Waals surface area contributed by atoms with Crippen LogP contribution in [0.5, 0.6) is 5.75 Å². The molecular formula is C14H9Cl2FO2. The number of aldehydes is 1. The molecular weight excluding hydrogens is 290 g/mol. The van der Waals surface area contributed by atoms with E-state index in [9.17, 15) is 9.18 Å². The van der Waals surface area contributed by atoms with Gasteiger partial charge in [-0.15, -0.1) is 0 Å². The van der Waals surface area contributed by atoms with Crippen LogP contribution in [0.25, 0.3) is 0 Å². The van der Waals surface area contributed by atoms with Crippen molar-refractivity contribution in [2.75, 3.05) is 0 Å². The molecule has 0 aromatic heterocycles. The number of hydrogen-bond donors (Lipinski definition) is 0. The highest BCUT2D eigenvalue weighted by molar-refractivity contribution is 6.33. The molecule has 2 aromatic carbocycles. The van der Waals surface area contributed by atoms with Crippen LogP contribution in [0, 0.1) is 5.82 Å². The van der Waals surface area contributed by atoms with Gasteiger partial charge in [-0.25, -0.2) is 4.39 Å². The highest BCUT2D eigenvalue weighted by Gasteiger charge is 2.08. The lowest BCUT2D eigenvalue weighted by Gasteiger charge is -2.09. The predicted octanol–water partition coefficient (Wildman–Crippen LogP) is 4.52. The molecule has 0 aliphatic carbocycles. The largest absolute Gasteiger partial charge is 0.488 e. The van der Waals surface area contributed by atoms with Gasteiger partial charge < -0.3 is 4.74 Å². The third kappa shape index (κ3) is 3.25. The fourth-order valence-corrected chi connectivity index (χ4v) is 1.88. The first-order valence-electron chi connectivity index (χ1n) is 5.42. The van der Waals surface area contributed by atoms with E-state index in [1.165, 1.54) is 12.1 Å². The fraction of sp³-hybridized carbons (Fsp3) is 0.0714. The summed E-state index contributed by atoms with van der Waals surface area (Å²) in [6, 6.07) is 9.29. The average molecular weight is 299 g/mol. The molecule has 0 saturated heterocycles. The lowest BCUT2D eigenvalue weighted by Crippen LogP contribution is -1.99. The lowest BCUT2D eigenvalue weighted by molar-refractivity contribution is 0.111. The Morgan fingerprint density at radius 3 is 2.63 bits per heavy atom. The van der Waals surface area contributed by atoms with Gasteiger partial charge in [-0.05, 0) is 29.8 Å². The molecule has 2 aromatic rings. The van der Waals surface area contributed by atoms with Gasteiger partial charge >= 0.3 is 0 Å². The first-order valence-corrected chi connectivity index (χ1v) is 6.18. The van der Waals surface area contributed by atoms with Crippen molar-refractivity contribution in [1.82, 2.24) is 0 Å². The van der Waals surface area contributed by atoms with Gasteiger partial charge in [0, 0.05) is 0 Å². The molecule has 0 radical (unpaired) electrons. The molecule has 0 N–H and O–H groups in total. The summed E-state index contributed by atoms with van der Waals surface area (Å²) in [5.41, 5.74) is 0.886. The van der Waals surface area contributed by atoms with Crippen LogP contribution in [0.2, 0.25) is 10.0 Å². The summed E-state index contributed by atoms with van der Waals surface area (Å²) in [5.74, 6) is -0.151. The van der Waals surface area contributed by atoms with Crippen LogP contribution in [-0.4, -0.2) is 6.29 Å².